The molecule has 5 nitrogen and oxygen atoms in total. The molecule has 4 atom stereocenters. The van der Waals surface area contributed by atoms with E-state index in [-0.39, 0.29) is 23.9 Å². The lowest BCUT2D eigenvalue weighted by Gasteiger charge is -2.23. The van der Waals surface area contributed by atoms with E-state index in [4.69, 9.17) is 21.1 Å². The summed E-state index contributed by atoms with van der Waals surface area (Å²) in [6.07, 6.45) is 3.44. The molecule has 2 fully saturated rings. The van der Waals surface area contributed by atoms with Gasteiger partial charge in [-0.05, 0) is 30.2 Å². The molecule has 3 aliphatic rings. The maximum atomic E-state index is 13.1. The van der Waals surface area contributed by atoms with Crippen LogP contribution in [0.5, 0.6) is 0 Å². The van der Waals surface area contributed by atoms with Crippen LogP contribution in [0.1, 0.15) is 13.8 Å². The van der Waals surface area contributed by atoms with Crippen LogP contribution in [0.3, 0.4) is 0 Å². The van der Waals surface area contributed by atoms with Gasteiger partial charge in [-0.25, -0.2) is 0 Å². The number of hydrogen-bond acceptors (Lipinski definition) is 4. The second-order valence-corrected chi connectivity index (χ2v) is 7.76. The van der Waals surface area contributed by atoms with Crippen LogP contribution in [0.2, 0.25) is 5.02 Å². The molecule has 3 heterocycles. The van der Waals surface area contributed by atoms with Crippen LogP contribution >= 0.6 is 11.6 Å². The van der Waals surface area contributed by atoms with Crippen molar-refractivity contribution in [2.45, 2.75) is 25.6 Å². The van der Waals surface area contributed by atoms with E-state index in [1.807, 2.05) is 26.0 Å². The molecule has 1 aromatic rings. The highest BCUT2D eigenvalue weighted by Gasteiger charge is 2.67. The number of hydrogen-bond donors (Lipinski definition) is 0. The molecular formula is C19H20ClNO4. The van der Waals surface area contributed by atoms with Crippen molar-refractivity contribution < 1.29 is 19.1 Å². The van der Waals surface area contributed by atoms with Crippen molar-refractivity contribution >= 4 is 29.2 Å². The Morgan fingerprint density at radius 2 is 2.12 bits per heavy atom. The average Bonchev–Trinajstić information content (AvgIpc) is 3.22. The molecule has 4 rings (SSSR count). The summed E-state index contributed by atoms with van der Waals surface area (Å²) in [5, 5.41) is 0.612. The largest absolute Gasteiger partial charge is 0.465 e. The fourth-order valence-corrected chi connectivity index (χ4v) is 4.08. The van der Waals surface area contributed by atoms with Crippen molar-refractivity contribution in [3.8, 4) is 0 Å². The predicted molar refractivity (Wildman–Crippen MR) is 93.3 cm³/mol. The van der Waals surface area contributed by atoms with E-state index in [1.54, 1.807) is 29.2 Å². The van der Waals surface area contributed by atoms with Gasteiger partial charge in [-0.2, -0.15) is 0 Å². The minimum absolute atomic E-state index is 0.0966. The number of ether oxygens (including phenoxy) is 2. The Hall–Kier alpha value is -1.85. The zero-order valence-electron chi connectivity index (χ0n) is 14.1. The summed E-state index contributed by atoms with van der Waals surface area (Å²) in [4.78, 5) is 27.3. The van der Waals surface area contributed by atoms with Crippen molar-refractivity contribution in [2.75, 3.05) is 18.1 Å². The number of esters is 1. The molecule has 3 aliphatic heterocycles. The van der Waals surface area contributed by atoms with Crippen molar-refractivity contribution in [1.29, 1.82) is 0 Å². The monoisotopic (exact) mass is 361 g/mol. The number of anilines is 1. The second kappa shape index (κ2) is 5.85. The predicted octanol–water partition coefficient (Wildman–Crippen LogP) is 2.83. The number of rotatable bonds is 4. The van der Waals surface area contributed by atoms with Crippen LogP contribution in [0, 0.1) is 17.8 Å². The number of amides is 1. The van der Waals surface area contributed by atoms with E-state index >= 15 is 0 Å². The Morgan fingerprint density at radius 1 is 1.40 bits per heavy atom. The topological polar surface area (TPSA) is 55.8 Å². The van der Waals surface area contributed by atoms with Crippen LogP contribution < -0.4 is 4.90 Å². The Balaban J connectivity index is 1.61. The molecule has 1 spiro atoms. The third kappa shape index (κ3) is 2.57. The molecule has 132 valence electrons. The van der Waals surface area contributed by atoms with Gasteiger partial charge in [-0.3, -0.25) is 9.59 Å². The first-order valence-corrected chi connectivity index (χ1v) is 8.90. The SMILES string of the molecule is CC(C)COC(=O)[C@H]1[C@H]2C=C[C@@]3(CN(c4ccc(Cl)cc4)C(=O)[C@@H]13)O2. The number of halogens is 1. The molecule has 1 aromatic carbocycles. The molecule has 0 N–H and O–H groups in total. The van der Waals surface area contributed by atoms with E-state index < -0.39 is 17.4 Å². The number of benzene rings is 1. The molecule has 2 saturated heterocycles. The standard InChI is InChI=1S/C19H20ClNO4/c1-11(2)9-24-18(23)15-14-7-8-19(25-14)10-21(17(22)16(15)19)13-5-3-12(20)4-6-13/h3-8,11,14-16H,9-10H2,1-2H3/t14-,15+,16-,19+/m1/s1. The van der Waals surface area contributed by atoms with Gasteiger partial charge >= 0.3 is 5.97 Å². The molecule has 25 heavy (non-hydrogen) atoms. The molecule has 0 saturated carbocycles. The van der Waals surface area contributed by atoms with Gasteiger partial charge in [0.2, 0.25) is 5.91 Å². The minimum Gasteiger partial charge on any atom is -0.465 e. The van der Waals surface area contributed by atoms with Crippen molar-refractivity contribution in [3.05, 3.63) is 41.4 Å². The number of carbonyl (C=O) groups is 2. The molecular weight excluding hydrogens is 342 g/mol. The third-order valence-electron chi connectivity index (χ3n) is 5.07. The first-order chi connectivity index (χ1) is 11.9. The van der Waals surface area contributed by atoms with Crippen LogP contribution in [-0.4, -0.2) is 36.7 Å². The normalized spacial score (nSPS) is 32.6. The summed E-state index contributed by atoms with van der Waals surface area (Å²) >= 11 is 5.94. The highest BCUT2D eigenvalue weighted by molar-refractivity contribution is 6.30. The Bertz CT molecular complexity index is 744. The molecule has 0 unspecified atom stereocenters. The van der Waals surface area contributed by atoms with Crippen LogP contribution in [0.4, 0.5) is 5.69 Å². The smallest absolute Gasteiger partial charge is 0.312 e. The first-order valence-electron chi connectivity index (χ1n) is 8.52. The zero-order valence-corrected chi connectivity index (χ0v) is 14.9. The third-order valence-corrected chi connectivity index (χ3v) is 5.32. The van der Waals surface area contributed by atoms with Gasteiger partial charge in [-0.1, -0.05) is 37.6 Å². The van der Waals surface area contributed by atoms with Crippen LogP contribution in [0.15, 0.2) is 36.4 Å². The van der Waals surface area contributed by atoms with Crippen molar-refractivity contribution in [3.63, 3.8) is 0 Å². The fourth-order valence-electron chi connectivity index (χ4n) is 3.95. The van der Waals surface area contributed by atoms with E-state index in [1.165, 1.54) is 0 Å². The van der Waals surface area contributed by atoms with E-state index in [0.717, 1.165) is 5.69 Å². The van der Waals surface area contributed by atoms with Crippen molar-refractivity contribution in [1.82, 2.24) is 0 Å². The Labute approximate surface area is 151 Å². The maximum absolute atomic E-state index is 13.1. The molecule has 1 amide bonds. The summed E-state index contributed by atoms with van der Waals surface area (Å²) in [5.74, 6) is -1.30. The zero-order chi connectivity index (χ0) is 17.8. The van der Waals surface area contributed by atoms with Gasteiger partial charge in [0.25, 0.3) is 0 Å². The summed E-state index contributed by atoms with van der Waals surface area (Å²) < 4.78 is 11.5. The molecule has 0 radical (unpaired) electrons. The van der Waals surface area contributed by atoms with Gasteiger partial charge in [0.05, 0.1) is 25.2 Å². The lowest BCUT2D eigenvalue weighted by molar-refractivity contribution is -0.153. The Kier molecular flexibility index (Phi) is 3.89. The van der Waals surface area contributed by atoms with Gasteiger partial charge in [0.15, 0.2) is 0 Å². The van der Waals surface area contributed by atoms with Gasteiger partial charge in [-0.15, -0.1) is 0 Å². The number of nitrogens with zero attached hydrogens (tertiary/aromatic N) is 1. The van der Waals surface area contributed by atoms with Gasteiger partial charge in [0.1, 0.15) is 11.5 Å². The fraction of sp³-hybridized carbons (Fsp3) is 0.474. The molecule has 0 aromatic heterocycles. The molecule has 0 aliphatic carbocycles. The van der Waals surface area contributed by atoms with Crippen LogP contribution in [-0.2, 0) is 19.1 Å². The number of carbonyl (C=O) groups excluding carboxylic acids is 2. The minimum atomic E-state index is -0.733. The summed E-state index contributed by atoms with van der Waals surface area (Å²) in [5.41, 5.74) is 0.0241. The van der Waals surface area contributed by atoms with Gasteiger partial charge < -0.3 is 14.4 Å². The summed E-state index contributed by atoms with van der Waals surface area (Å²) in [6.45, 7) is 4.71. The van der Waals surface area contributed by atoms with Crippen LogP contribution in [0.25, 0.3) is 0 Å². The van der Waals surface area contributed by atoms with E-state index in [2.05, 4.69) is 0 Å². The number of fused-ring (bicyclic) bond motifs is 1. The van der Waals surface area contributed by atoms with E-state index in [0.29, 0.717) is 18.2 Å². The maximum Gasteiger partial charge on any atom is 0.312 e. The lowest BCUT2D eigenvalue weighted by atomic mass is 9.77. The lowest BCUT2D eigenvalue weighted by Crippen LogP contribution is -2.40. The molecule has 6 heteroatoms. The summed E-state index contributed by atoms with van der Waals surface area (Å²) in [7, 11) is 0. The quantitative estimate of drug-likeness (QED) is 0.611. The highest BCUT2D eigenvalue weighted by atomic mass is 35.5. The highest BCUT2D eigenvalue weighted by Crippen LogP contribution is 2.52. The van der Waals surface area contributed by atoms with Gasteiger partial charge in [0, 0.05) is 10.7 Å². The molecule has 2 bridgehead atoms. The van der Waals surface area contributed by atoms with Crippen molar-refractivity contribution in [2.24, 2.45) is 17.8 Å². The summed E-state index contributed by atoms with van der Waals surface area (Å²) in [6, 6.07) is 7.11. The first kappa shape index (κ1) is 16.6. The van der Waals surface area contributed by atoms with E-state index in [9.17, 15) is 9.59 Å². The average molecular weight is 362 g/mol. The second-order valence-electron chi connectivity index (χ2n) is 7.32. The Morgan fingerprint density at radius 3 is 2.80 bits per heavy atom.